The van der Waals surface area contributed by atoms with Crippen molar-refractivity contribution in [2.75, 3.05) is 10.6 Å². The van der Waals surface area contributed by atoms with Crippen molar-refractivity contribution in [2.45, 2.75) is 20.8 Å². The molecular weight excluding hydrogens is 268 g/mol. The number of rotatable bonds is 4. The smallest absolute Gasteiger partial charge is 0.258 e. The van der Waals surface area contributed by atoms with E-state index < -0.39 is 0 Å². The fourth-order valence-corrected chi connectivity index (χ4v) is 1.71. The Labute approximate surface area is 123 Å². The molecular formula is C16H18N2O3. The largest absolute Gasteiger partial charge is 0.472 e. The van der Waals surface area contributed by atoms with E-state index in [0.717, 1.165) is 5.56 Å². The van der Waals surface area contributed by atoms with Crippen molar-refractivity contribution in [3.8, 4) is 0 Å². The number of anilines is 2. The number of benzene rings is 1. The molecule has 0 spiro atoms. The van der Waals surface area contributed by atoms with Crippen LogP contribution in [0.15, 0.2) is 41.2 Å². The minimum atomic E-state index is -0.256. The maximum absolute atomic E-state index is 11.9. The number of nitrogens with one attached hydrogen (secondary N) is 2. The summed E-state index contributed by atoms with van der Waals surface area (Å²) in [5, 5.41) is 5.61. The fourth-order valence-electron chi connectivity index (χ4n) is 1.71. The molecule has 2 amide bonds. The molecule has 2 rings (SSSR count). The van der Waals surface area contributed by atoms with Crippen LogP contribution in [0.5, 0.6) is 0 Å². The standard InChI is InChI=1S/C16H18N2O3/c1-10(2)15(19)18-14-8-13(5-4-11(14)3)17-16(20)12-6-7-21-9-12/h4-10H,1-3H3,(H,17,20)(H,18,19). The Kier molecular flexibility index (Phi) is 4.42. The molecule has 5 heteroatoms. The maximum Gasteiger partial charge on any atom is 0.258 e. The van der Waals surface area contributed by atoms with Crippen LogP contribution in [0.1, 0.15) is 29.8 Å². The molecule has 0 atom stereocenters. The number of hydrogen-bond donors (Lipinski definition) is 2. The molecule has 0 aliphatic heterocycles. The maximum atomic E-state index is 11.9. The summed E-state index contributed by atoms with van der Waals surface area (Å²) in [5.74, 6) is -0.418. The topological polar surface area (TPSA) is 71.3 Å². The zero-order chi connectivity index (χ0) is 15.4. The molecule has 5 nitrogen and oxygen atoms in total. The lowest BCUT2D eigenvalue weighted by molar-refractivity contribution is -0.118. The first-order valence-corrected chi connectivity index (χ1v) is 6.72. The van der Waals surface area contributed by atoms with Crippen molar-refractivity contribution >= 4 is 23.2 Å². The number of amides is 2. The Morgan fingerprint density at radius 2 is 1.90 bits per heavy atom. The summed E-state index contributed by atoms with van der Waals surface area (Å²) in [7, 11) is 0. The van der Waals surface area contributed by atoms with Gasteiger partial charge in [0, 0.05) is 17.3 Å². The zero-order valence-corrected chi connectivity index (χ0v) is 12.3. The van der Waals surface area contributed by atoms with Crippen LogP contribution < -0.4 is 10.6 Å². The predicted octanol–water partition coefficient (Wildman–Crippen LogP) is 3.43. The highest BCUT2D eigenvalue weighted by molar-refractivity contribution is 6.04. The van der Waals surface area contributed by atoms with Gasteiger partial charge in [0.15, 0.2) is 0 Å². The normalized spacial score (nSPS) is 10.5. The second kappa shape index (κ2) is 6.26. The first-order chi connectivity index (χ1) is 9.97. The molecule has 0 fully saturated rings. The molecule has 0 bridgehead atoms. The van der Waals surface area contributed by atoms with Gasteiger partial charge in [-0.05, 0) is 30.7 Å². The van der Waals surface area contributed by atoms with Crippen LogP contribution >= 0.6 is 0 Å². The number of furan rings is 1. The highest BCUT2D eigenvalue weighted by Gasteiger charge is 2.11. The lowest BCUT2D eigenvalue weighted by Crippen LogP contribution is -2.18. The Balaban J connectivity index is 2.15. The van der Waals surface area contributed by atoms with Crippen molar-refractivity contribution in [2.24, 2.45) is 5.92 Å². The molecule has 0 unspecified atom stereocenters. The van der Waals surface area contributed by atoms with Crippen LogP contribution in [-0.4, -0.2) is 11.8 Å². The molecule has 1 aromatic heterocycles. The van der Waals surface area contributed by atoms with Crippen molar-refractivity contribution in [1.82, 2.24) is 0 Å². The van der Waals surface area contributed by atoms with Crippen LogP contribution in [0, 0.1) is 12.8 Å². The second-order valence-corrected chi connectivity index (χ2v) is 5.14. The van der Waals surface area contributed by atoms with Gasteiger partial charge in [0.1, 0.15) is 6.26 Å². The van der Waals surface area contributed by atoms with Crippen molar-refractivity contribution < 1.29 is 14.0 Å². The van der Waals surface area contributed by atoms with Crippen LogP contribution in [-0.2, 0) is 4.79 Å². The quantitative estimate of drug-likeness (QED) is 0.904. The van der Waals surface area contributed by atoms with E-state index >= 15 is 0 Å². The summed E-state index contributed by atoms with van der Waals surface area (Å²) < 4.78 is 4.88. The molecule has 2 N–H and O–H groups in total. The number of aryl methyl sites for hydroxylation is 1. The van der Waals surface area contributed by atoms with E-state index in [9.17, 15) is 9.59 Å². The van der Waals surface area contributed by atoms with Crippen molar-refractivity contribution in [3.63, 3.8) is 0 Å². The van der Waals surface area contributed by atoms with Crippen LogP contribution in [0.2, 0.25) is 0 Å². The Bertz CT molecular complexity index is 646. The van der Waals surface area contributed by atoms with Crippen molar-refractivity contribution in [3.05, 3.63) is 47.9 Å². The van der Waals surface area contributed by atoms with Crippen molar-refractivity contribution in [1.29, 1.82) is 0 Å². The third-order valence-electron chi connectivity index (χ3n) is 3.06. The first kappa shape index (κ1) is 14.8. The summed E-state index contributed by atoms with van der Waals surface area (Å²) in [6.45, 7) is 5.56. The van der Waals surface area contributed by atoms with E-state index in [0.29, 0.717) is 16.9 Å². The van der Waals surface area contributed by atoms with Gasteiger partial charge in [-0.1, -0.05) is 19.9 Å². The predicted molar refractivity (Wildman–Crippen MR) is 81.3 cm³/mol. The second-order valence-electron chi connectivity index (χ2n) is 5.14. The molecule has 21 heavy (non-hydrogen) atoms. The molecule has 0 aliphatic carbocycles. The average Bonchev–Trinajstić information content (AvgIpc) is 2.96. The van der Waals surface area contributed by atoms with Crippen LogP contribution in [0.25, 0.3) is 0 Å². The summed E-state index contributed by atoms with van der Waals surface area (Å²) >= 11 is 0. The number of hydrogen-bond acceptors (Lipinski definition) is 3. The van der Waals surface area contributed by atoms with Gasteiger partial charge in [0.25, 0.3) is 5.91 Å². The van der Waals surface area contributed by atoms with E-state index in [4.69, 9.17) is 4.42 Å². The molecule has 1 aromatic carbocycles. The third-order valence-corrected chi connectivity index (χ3v) is 3.06. The Hall–Kier alpha value is -2.56. The fraction of sp³-hybridized carbons (Fsp3) is 0.250. The molecule has 110 valence electrons. The monoisotopic (exact) mass is 286 g/mol. The molecule has 0 saturated carbocycles. The summed E-state index contributed by atoms with van der Waals surface area (Å²) in [6, 6.07) is 6.97. The summed E-state index contributed by atoms with van der Waals surface area (Å²) in [5.41, 5.74) is 2.69. The van der Waals surface area contributed by atoms with Crippen LogP contribution in [0.3, 0.4) is 0 Å². The lowest BCUT2D eigenvalue weighted by atomic mass is 10.1. The van der Waals surface area contributed by atoms with Gasteiger partial charge in [0.2, 0.25) is 5.91 Å². The summed E-state index contributed by atoms with van der Waals surface area (Å²) in [4.78, 5) is 23.7. The van der Waals surface area contributed by atoms with Gasteiger partial charge in [0.05, 0.1) is 11.8 Å². The highest BCUT2D eigenvalue weighted by atomic mass is 16.3. The number of carbonyl (C=O) groups excluding carboxylic acids is 2. The van der Waals surface area contributed by atoms with Gasteiger partial charge in [-0.15, -0.1) is 0 Å². The van der Waals surface area contributed by atoms with E-state index in [2.05, 4.69) is 10.6 Å². The average molecular weight is 286 g/mol. The molecule has 0 aliphatic rings. The molecule has 2 aromatic rings. The van der Waals surface area contributed by atoms with Gasteiger partial charge in [-0.3, -0.25) is 9.59 Å². The van der Waals surface area contributed by atoms with Gasteiger partial charge < -0.3 is 15.1 Å². The lowest BCUT2D eigenvalue weighted by Gasteiger charge is -2.12. The Morgan fingerprint density at radius 1 is 1.14 bits per heavy atom. The SMILES string of the molecule is Cc1ccc(NC(=O)c2ccoc2)cc1NC(=O)C(C)C. The van der Waals surface area contributed by atoms with E-state index in [1.54, 1.807) is 18.2 Å². The zero-order valence-electron chi connectivity index (χ0n) is 12.3. The minimum Gasteiger partial charge on any atom is -0.472 e. The van der Waals surface area contributed by atoms with Crippen LogP contribution in [0.4, 0.5) is 11.4 Å². The van der Waals surface area contributed by atoms with E-state index in [1.807, 2.05) is 26.8 Å². The first-order valence-electron chi connectivity index (χ1n) is 6.72. The Morgan fingerprint density at radius 3 is 2.52 bits per heavy atom. The molecule has 1 heterocycles. The number of carbonyl (C=O) groups is 2. The molecule has 0 saturated heterocycles. The van der Waals surface area contributed by atoms with E-state index in [1.165, 1.54) is 12.5 Å². The third kappa shape index (κ3) is 3.72. The summed E-state index contributed by atoms with van der Waals surface area (Å²) in [6.07, 6.45) is 2.82. The van der Waals surface area contributed by atoms with Gasteiger partial charge >= 0.3 is 0 Å². The van der Waals surface area contributed by atoms with E-state index in [-0.39, 0.29) is 17.7 Å². The van der Waals surface area contributed by atoms with Gasteiger partial charge in [-0.2, -0.15) is 0 Å². The highest BCUT2D eigenvalue weighted by Crippen LogP contribution is 2.21. The minimum absolute atomic E-state index is 0.0589. The van der Waals surface area contributed by atoms with Gasteiger partial charge in [-0.25, -0.2) is 0 Å². The molecule has 0 radical (unpaired) electrons.